The second-order valence-corrected chi connectivity index (χ2v) is 8.14. The van der Waals surface area contributed by atoms with Crippen molar-refractivity contribution in [3.63, 3.8) is 0 Å². The van der Waals surface area contributed by atoms with Gasteiger partial charge in [0.1, 0.15) is 10.6 Å². The molecule has 0 aliphatic heterocycles. The van der Waals surface area contributed by atoms with Crippen LogP contribution in [0.4, 0.5) is 5.69 Å². The van der Waals surface area contributed by atoms with Gasteiger partial charge in [0.05, 0.1) is 12.9 Å². The highest BCUT2D eigenvalue weighted by atomic mass is 32.2. The molecule has 0 atom stereocenters. The van der Waals surface area contributed by atoms with E-state index in [9.17, 15) is 13.2 Å². The number of tetrazole rings is 1. The first-order valence-electron chi connectivity index (χ1n) is 7.01. The molecule has 12 heteroatoms. The third kappa shape index (κ3) is 4.46. The van der Waals surface area contributed by atoms with Gasteiger partial charge in [-0.25, -0.2) is 17.4 Å². The number of methoxy groups -OCH3 is 1. The van der Waals surface area contributed by atoms with Crippen LogP contribution in [-0.2, 0) is 21.9 Å². The maximum absolute atomic E-state index is 12.4. The molecule has 0 spiro atoms. The highest BCUT2D eigenvalue weighted by Crippen LogP contribution is 2.29. The van der Waals surface area contributed by atoms with Crippen molar-refractivity contribution in [1.82, 2.24) is 24.5 Å². The number of thioether (sulfide) groups is 1. The molecule has 2 aromatic rings. The van der Waals surface area contributed by atoms with Gasteiger partial charge < -0.3 is 10.1 Å². The number of aryl methyl sites for hydroxylation is 1. The second-order valence-electron chi connectivity index (χ2n) is 5.07. The van der Waals surface area contributed by atoms with Gasteiger partial charge in [-0.05, 0) is 28.6 Å². The summed E-state index contributed by atoms with van der Waals surface area (Å²) in [6, 6.07) is 4.42. The van der Waals surface area contributed by atoms with E-state index in [1.165, 1.54) is 49.8 Å². The summed E-state index contributed by atoms with van der Waals surface area (Å²) in [6.45, 7) is 0. The molecule has 0 aliphatic carbocycles. The predicted octanol–water partition coefficient (Wildman–Crippen LogP) is 0.200. The van der Waals surface area contributed by atoms with Crippen molar-refractivity contribution in [2.24, 2.45) is 7.05 Å². The molecule has 1 aromatic carbocycles. The monoisotopic (exact) mass is 386 g/mol. The van der Waals surface area contributed by atoms with Gasteiger partial charge in [0, 0.05) is 26.8 Å². The topological polar surface area (TPSA) is 119 Å². The van der Waals surface area contributed by atoms with E-state index in [4.69, 9.17) is 4.74 Å². The largest absolute Gasteiger partial charge is 0.495 e. The van der Waals surface area contributed by atoms with E-state index < -0.39 is 10.0 Å². The molecule has 0 fully saturated rings. The molecule has 0 saturated heterocycles. The van der Waals surface area contributed by atoms with Crippen molar-refractivity contribution >= 4 is 33.4 Å². The zero-order chi connectivity index (χ0) is 18.6. The SMILES string of the molecule is COc1ccc(NC(=O)CSc2nnnn2C)cc1S(=O)(=O)N(C)C. The van der Waals surface area contributed by atoms with Crippen molar-refractivity contribution in [3.8, 4) is 5.75 Å². The van der Waals surface area contributed by atoms with Gasteiger partial charge in [0.2, 0.25) is 21.1 Å². The summed E-state index contributed by atoms with van der Waals surface area (Å²) < 4.78 is 32.4. The number of carbonyl (C=O) groups is 1. The minimum absolute atomic E-state index is 0.0250. The fourth-order valence-corrected chi connectivity index (χ4v) is 3.55. The Hall–Kier alpha value is -2.18. The first-order chi connectivity index (χ1) is 11.8. The van der Waals surface area contributed by atoms with E-state index in [1.807, 2.05) is 0 Å². The van der Waals surface area contributed by atoms with Gasteiger partial charge in [0.25, 0.3) is 0 Å². The maximum atomic E-state index is 12.4. The van der Waals surface area contributed by atoms with E-state index in [0.29, 0.717) is 10.8 Å². The van der Waals surface area contributed by atoms with Crippen molar-refractivity contribution in [2.45, 2.75) is 10.1 Å². The van der Waals surface area contributed by atoms with Gasteiger partial charge >= 0.3 is 0 Å². The summed E-state index contributed by atoms with van der Waals surface area (Å²) in [7, 11) is 2.19. The van der Waals surface area contributed by atoms with Crippen molar-refractivity contribution in [2.75, 3.05) is 32.3 Å². The van der Waals surface area contributed by atoms with E-state index in [1.54, 1.807) is 13.1 Å². The van der Waals surface area contributed by atoms with Crippen LogP contribution >= 0.6 is 11.8 Å². The van der Waals surface area contributed by atoms with E-state index in [2.05, 4.69) is 20.8 Å². The third-order valence-electron chi connectivity index (χ3n) is 3.12. The van der Waals surface area contributed by atoms with Crippen LogP contribution in [0.5, 0.6) is 5.75 Å². The second kappa shape index (κ2) is 7.80. The van der Waals surface area contributed by atoms with Gasteiger partial charge in [-0.3, -0.25) is 4.79 Å². The van der Waals surface area contributed by atoms with Crippen LogP contribution in [-0.4, -0.2) is 65.8 Å². The zero-order valence-corrected chi connectivity index (χ0v) is 15.8. The Balaban J connectivity index is 2.14. The molecule has 0 bridgehead atoms. The predicted molar refractivity (Wildman–Crippen MR) is 92.0 cm³/mol. The molecule has 136 valence electrons. The number of rotatable bonds is 7. The number of nitrogens with zero attached hydrogens (tertiary/aromatic N) is 5. The standard InChI is InChI=1S/C13H18N6O4S2/c1-18(2)25(21,22)11-7-9(5-6-10(11)23-4)14-12(20)8-24-13-15-16-17-19(13)3/h5-7H,8H2,1-4H3,(H,14,20). The molecule has 1 heterocycles. The van der Waals surface area contributed by atoms with Crippen LogP contribution in [0.3, 0.4) is 0 Å². The number of amides is 1. The summed E-state index contributed by atoms with van der Waals surface area (Å²) in [5, 5.41) is 14.1. The molecule has 25 heavy (non-hydrogen) atoms. The Bertz CT molecular complexity index is 865. The number of sulfonamides is 1. The number of hydrogen-bond donors (Lipinski definition) is 1. The fourth-order valence-electron chi connectivity index (χ4n) is 1.82. The Kier molecular flexibility index (Phi) is 5.98. The lowest BCUT2D eigenvalue weighted by Crippen LogP contribution is -2.23. The van der Waals surface area contributed by atoms with Crippen LogP contribution in [0.1, 0.15) is 0 Å². The summed E-state index contributed by atoms with van der Waals surface area (Å²) in [4.78, 5) is 12.0. The average Bonchev–Trinajstić information content (AvgIpc) is 2.97. The molecule has 0 radical (unpaired) electrons. The quantitative estimate of drug-likeness (QED) is 0.670. The van der Waals surface area contributed by atoms with Crippen molar-refractivity contribution < 1.29 is 17.9 Å². The summed E-state index contributed by atoms with van der Waals surface area (Å²) in [5.74, 6) is -0.0340. The number of hydrogen-bond acceptors (Lipinski definition) is 8. The van der Waals surface area contributed by atoms with Crippen LogP contribution in [0, 0.1) is 0 Å². The molecule has 1 N–H and O–H groups in total. The fraction of sp³-hybridized carbons (Fsp3) is 0.385. The Morgan fingerprint density at radius 1 is 1.40 bits per heavy atom. The summed E-state index contributed by atoms with van der Waals surface area (Å²) in [5.41, 5.74) is 0.350. The van der Waals surface area contributed by atoms with Gasteiger partial charge in [-0.1, -0.05) is 11.8 Å². The van der Waals surface area contributed by atoms with Crippen molar-refractivity contribution in [3.05, 3.63) is 18.2 Å². The van der Waals surface area contributed by atoms with Crippen LogP contribution in [0.2, 0.25) is 0 Å². The molecule has 0 aliphatic rings. The number of ether oxygens (including phenoxy) is 1. The molecular formula is C13H18N6O4S2. The molecule has 10 nitrogen and oxygen atoms in total. The molecule has 0 saturated carbocycles. The van der Waals surface area contributed by atoms with Gasteiger partial charge in [0.15, 0.2) is 0 Å². The lowest BCUT2D eigenvalue weighted by Gasteiger charge is -2.15. The van der Waals surface area contributed by atoms with Gasteiger partial charge in [-0.2, -0.15) is 0 Å². The highest BCUT2D eigenvalue weighted by molar-refractivity contribution is 7.99. The number of anilines is 1. The molecule has 1 amide bonds. The van der Waals surface area contributed by atoms with Gasteiger partial charge in [-0.15, -0.1) is 5.10 Å². The first-order valence-corrected chi connectivity index (χ1v) is 9.44. The lowest BCUT2D eigenvalue weighted by atomic mass is 10.3. The number of aromatic nitrogens is 4. The average molecular weight is 386 g/mol. The number of benzene rings is 1. The Morgan fingerprint density at radius 3 is 2.68 bits per heavy atom. The minimum atomic E-state index is -3.71. The summed E-state index contributed by atoms with van der Waals surface area (Å²) >= 11 is 1.17. The summed E-state index contributed by atoms with van der Waals surface area (Å²) in [6.07, 6.45) is 0. The Labute approximate surface area is 149 Å². The zero-order valence-electron chi connectivity index (χ0n) is 14.1. The van der Waals surface area contributed by atoms with Crippen molar-refractivity contribution in [1.29, 1.82) is 0 Å². The maximum Gasteiger partial charge on any atom is 0.246 e. The van der Waals surface area contributed by atoms with E-state index in [0.717, 1.165) is 4.31 Å². The minimum Gasteiger partial charge on any atom is -0.495 e. The van der Waals surface area contributed by atoms with E-state index >= 15 is 0 Å². The van der Waals surface area contributed by atoms with E-state index in [-0.39, 0.29) is 22.3 Å². The molecule has 0 unspecified atom stereocenters. The number of carbonyl (C=O) groups excluding carboxylic acids is 1. The smallest absolute Gasteiger partial charge is 0.246 e. The molecular weight excluding hydrogens is 368 g/mol. The third-order valence-corrected chi connectivity index (χ3v) is 5.97. The normalized spacial score (nSPS) is 11.6. The molecule has 2 rings (SSSR count). The van der Waals surface area contributed by atoms with Crippen LogP contribution in [0.15, 0.2) is 28.3 Å². The Morgan fingerprint density at radius 2 is 2.12 bits per heavy atom. The highest BCUT2D eigenvalue weighted by Gasteiger charge is 2.23. The lowest BCUT2D eigenvalue weighted by molar-refractivity contribution is -0.113. The van der Waals surface area contributed by atoms with Crippen LogP contribution in [0.25, 0.3) is 0 Å². The molecule has 1 aromatic heterocycles. The first kappa shape index (κ1) is 19.1. The van der Waals surface area contributed by atoms with Crippen LogP contribution < -0.4 is 10.1 Å². The number of nitrogens with one attached hydrogen (secondary N) is 1.